The van der Waals surface area contributed by atoms with Crippen LogP contribution in [0.2, 0.25) is 0 Å². The van der Waals surface area contributed by atoms with Gasteiger partial charge in [-0.3, -0.25) is 10.1 Å². The van der Waals surface area contributed by atoms with E-state index in [4.69, 9.17) is 0 Å². The van der Waals surface area contributed by atoms with Gasteiger partial charge in [0.1, 0.15) is 0 Å². The van der Waals surface area contributed by atoms with Crippen molar-refractivity contribution in [1.29, 1.82) is 5.26 Å². The Morgan fingerprint density at radius 1 is 1.14 bits per heavy atom. The van der Waals surface area contributed by atoms with E-state index in [1.54, 1.807) is 12.1 Å². The Morgan fingerprint density at radius 2 is 1.81 bits per heavy atom. The number of non-ortho nitro benzene ring substituents is 1. The number of nitro groups is 1. The molecule has 0 saturated heterocycles. The van der Waals surface area contributed by atoms with Crippen molar-refractivity contribution >= 4 is 11.8 Å². The maximum Gasteiger partial charge on any atom is 0.269 e. The van der Waals surface area contributed by atoms with Gasteiger partial charge in [-0.1, -0.05) is 42.5 Å². The number of nitrogens with zero attached hydrogens (tertiary/aromatic N) is 2. The van der Waals surface area contributed by atoms with Gasteiger partial charge in [0, 0.05) is 17.7 Å². The fraction of sp³-hybridized carbons (Fsp3) is 0.118. The zero-order valence-corrected chi connectivity index (χ0v) is 11.4. The Kier molecular flexibility index (Phi) is 4.84. The van der Waals surface area contributed by atoms with Crippen molar-refractivity contribution in [2.45, 2.75) is 12.8 Å². The first kappa shape index (κ1) is 14.5. The Labute approximate surface area is 123 Å². The average molecular weight is 278 g/mol. The molecule has 0 fully saturated rings. The molecule has 4 heteroatoms. The molecule has 0 N–H and O–H groups in total. The molecule has 0 aliphatic rings. The normalized spacial score (nSPS) is 10.9. The molecular weight excluding hydrogens is 264 g/mol. The Hall–Kier alpha value is -2.93. The lowest BCUT2D eigenvalue weighted by Crippen LogP contribution is -1.91. The van der Waals surface area contributed by atoms with Gasteiger partial charge in [0.05, 0.1) is 11.0 Å². The van der Waals surface area contributed by atoms with Crippen molar-refractivity contribution in [2.24, 2.45) is 0 Å². The summed E-state index contributed by atoms with van der Waals surface area (Å²) in [6.45, 7) is 0. The van der Waals surface area contributed by atoms with Crippen LogP contribution in [0.1, 0.15) is 17.5 Å². The van der Waals surface area contributed by atoms with Crippen LogP contribution in [0.3, 0.4) is 0 Å². The summed E-state index contributed by atoms with van der Waals surface area (Å²) in [6.07, 6.45) is 3.17. The molecule has 0 amide bonds. The molecule has 0 unspecified atom stereocenters. The molecule has 2 aromatic rings. The zero-order chi connectivity index (χ0) is 15.1. The van der Waals surface area contributed by atoms with Crippen LogP contribution in [0, 0.1) is 21.4 Å². The summed E-state index contributed by atoms with van der Waals surface area (Å²) in [4.78, 5) is 10.2. The molecule has 0 spiro atoms. The summed E-state index contributed by atoms with van der Waals surface area (Å²) in [5, 5.41) is 19.8. The quantitative estimate of drug-likeness (QED) is 0.469. The summed E-state index contributed by atoms with van der Waals surface area (Å²) >= 11 is 0. The first-order valence-corrected chi connectivity index (χ1v) is 6.58. The van der Waals surface area contributed by atoms with Crippen LogP contribution >= 0.6 is 0 Å². The molecule has 0 aliphatic heterocycles. The van der Waals surface area contributed by atoms with Gasteiger partial charge in [0.15, 0.2) is 0 Å². The number of nitro benzene ring substituents is 1. The lowest BCUT2D eigenvalue weighted by atomic mass is 10.0. The van der Waals surface area contributed by atoms with Crippen LogP contribution in [0.15, 0.2) is 60.2 Å². The highest BCUT2D eigenvalue weighted by atomic mass is 16.6. The average Bonchev–Trinajstić information content (AvgIpc) is 2.52. The molecule has 0 bridgehead atoms. The van der Waals surface area contributed by atoms with Crippen molar-refractivity contribution < 1.29 is 4.92 Å². The van der Waals surface area contributed by atoms with E-state index in [1.165, 1.54) is 12.1 Å². The first-order valence-electron chi connectivity index (χ1n) is 6.58. The van der Waals surface area contributed by atoms with E-state index >= 15 is 0 Å². The lowest BCUT2D eigenvalue weighted by Gasteiger charge is -2.01. The number of benzene rings is 2. The highest BCUT2D eigenvalue weighted by molar-refractivity contribution is 5.56. The fourth-order valence-corrected chi connectivity index (χ4v) is 1.97. The predicted octanol–water partition coefficient (Wildman–Crippen LogP) is 4.13. The number of hydrogen-bond acceptors (Lipinski definition) is 3. The second-order valence-corrected chi connectivity index (χ2v) is 4.62. The van der Waals surface area contributed by atoms with Gasteiger partial charge in [-0.2, -0.15) is 5.26 Å². The summed E-state index contributed by atoms with van der Waals surface area (Å²) in [5.74, 6) is 0. The molecule has 104 valence electrons. The topological polar surface area (TPSA) is 66.9 Å². The van der Waals surface area contributed by atoms with E-state index in [0.29, 0.717) is 18.4 Å². The van der Waals surface area contributed by atoms with E-state index < -0.39 is 4.92 Å². The van der Waals surface area contributed by atoms with Crippen LogP contribution in [0.5, 0.6) is 0 Å². The number of hydrogen-bond donors (Lipinski definition) is 0. The van der Waals surface area contributed by atoms with Gasteiger partial charge in [-0.15, -0.1) is 0 Å². The van der Waals surface area contributed by atoms with E-state index in [9.17, 15) is 15.4 Å². The maximum absolute atomic E-state index is 10.6. The summed E-state index contributed by atoms with van der Waals surface area (Å²) in [5.41, 5.74) is 2.76. The van der Waals surface area contributed by atoms with Gasteiger partial charge < -0.3 is 0 Å². The van der Waals surface area contributed by atoms with E-state index in [1.807, 2.05) is 36.4 Å². The molecule has 0 radical (unpaired) electrons. The minimum atomic E-state index is -0.417. The second-order valence-electron chi connectivity index (χ2n) is 4.62. The summed E-state index contributed by atoms with van der Waals surface area (Å²) in [7, 11) is 0. The van der Waals surface area contributed by atoms with Crippen LogP contribution in [0.4, 0.5) is 5.69 Å². The molecule has 0 aliphatic carbocycles. The van der Waals surface area contributed by atoms with Gasteiger partial charge in [-0.25, -0.2) is 0 Å². The van der Waals surface area contributed by atoms with Crippen LogP contribution in [0.25, 0.3) is 6.08 Å². The largest absolute Gasteiger partial charge is 0.269 e. The number of rotatable bonds is 5. The molecule has 0 aromatic heterocycles. The van der Waals surface area contributed by atoms with Crippen LogP contribution in [-0.4, -0.2) is 4.92 Å². The van der Waals surface area contributed by atoms with Gasteiger partial charge >= 0.3 is 0 Å². The third-order valence-electron chi connectivity index (χ3n) is 3.11. The second kappa shape index (κ2) is 7.01. The molecule has 0 heterocycles. The van der Waals surface area contributed by atoms with E-state index in [0.717, 1.165) is 11.1 Å². The standard InChI is InChI=1S/C17H14N2O2/c18-13-16(12-15-4-2-1-3-5-15)7-6-14-8-10-17(11-9-14)19(20)21/h1-5,8-12H,6-7H2/b16-12+. The first-order chi connectivity index (χ1) is 10.2. The van der Waals surface area contributed by atoms with Gasteiger partial charge in [0.25, 0.3) is 5.69 Å². The fourth-order valence-electron chi connectivity index (χ4n) is 1.97. The highest BCUT2D eigenvalue weighted by Gasteiger charge is 2.04. The highest BCUT2D eigenvalue weighted by Crippen LogP contribution is 2.16. The van der Waals surface area contributed by atoms with Crippen molar-refractivity contribution in [3.05, 3.63) is 81.4 Å². The van der Waals surface area contributed by atoms with E-state index in [2.05, 4.69) is 6.07 Å². The molecule has 2 aromatic carbocycles. The third-order valence-corrected chi connectivity index (χ3v) is 3.11. The van der Waals surface area contributed by atoms with Gasteiger partial charge in [-0.05, 0) is 30.0 Å². The van der Waals surface area contributed by atoms with Crippen molar-refractivity contribution in [3.8, 4) is 6.07 Å². The maximum atomic E-state index is 10.6. The number of nitriles is 1. The number of aryl methyl sites for hydroxylation is 1. The van der Waals surface area contributed by atoms with Gasteiger partial charge in [0.2, 0.25) is 0 Å². The monoisotopic (exact) mass is 278 g/mol. The minimum Gasteiger partial charge on any atom is -0.258 e. The molecule has 2 rings (SSSR count). The number of allylic oxidation sites excluding steroid dienone is 1. The van der Waals surface area contributed by atoms with E-state index in [-0.39, 0.29) is 5.69 Å². The molecule has 0 atom stereocenters. The third kappa shape index (κ3) is 4.29. The summed E-state index contributed by atoms with van der Waals surface area (Å²) < 4.78 is 0. The Morgan fingerprint density at radius 3 is 2.38 bits per heavy atom. The smallest absolute Gasteiger partial charge is 0.258 e. The summed E-state index contributed by atoms with van der Waals surface area (Å²) in [6, 6.07) is 18.3. The molecule has 21 heavy (non-hydrogen) atoms. The molecular formula is C17H14N2O2. The molecule has 0 saturated carbocycles. The van der Waals surface area contributed by atoms with Crippen molar-refractivity contribution in [1.82, 2.24) is 0 Å². The Bertz CT molecular complexity index is 683. The Balaban J connectivity index is 2.02. The van der Waals surface area contributed by atoms with Crippen molar-refractivity contribution in [2.75, 3.05) is 0 Å². The minimum absolute atomic E-state index is 0.0825. The molecule has 4 nitrogen and oxygen atoms in total. The lowest BCUT2D eigenvalue weighted by molar-refractivity contribution is -0.384. The zero-order valence-electron chi connectivity index (χ0n) is 11.4. The SMILES string of the molecule is N#C/C(=C/c1ccccc1)CCc1ccc([N+](=O)[O-])cc1. The van der Waals surface area contributed by atoms with Crippen molar-refractivity contribution in [3.63, 3.8) is 0 Å². The van der Waals surface area contributed by atoms with Crippen LogP contribution < -0.4 is 0 Å². The predicted molar refractivity (Wildman–Crippen MR) is 81.4 cm³/mol. The van der Waals surface area contributed by atoms with Crippen LogP contribution in [-0.2, 0) is 6.42 Å².